The van der Waals surface area contributed by atoms with Crippen molar-refractivity contribution >= 4 is 10.9 Å². The van der Waals surface area contributed by atoms with Gasteiger partial charge in [-0.1, -0.05) is 12.1 Å². The Morgan fingerprint density at radius 2 is 1.74 bits per heavy atom. The summed E-state index contributed by atoms with van der Waals surface area (Å²) in [5, 5.41) is 0.861. The average molecular weight is 318 g/mol. The zero-order chi connectivity index (χ0) is 16.4. The number of hydrogen-bond donors (Lipinski definition) is 1. The number of fused-ring (bicyclic) bond motifs is 1. The van der Waals surface area contributed by atoms with E-state index < -0.39 is 11.7 Å². The molecule has 0 unspecified atom stereocenters. The van der Waals surface area contributed by atoms with Gasteiger partial charge in [0.25, 0.3) is 0 Å². The van der Waals surface area contributed by atoms with Crippen molar-refractivity contribution in [3.63, 3.8) is 0 Å². The number of rotatable bonds is 3. The fraction of sp³-hybridized carbons (Fsp3) is 0.118. The van der Waals surface area contributed by atoms with Gasteiger partial charge in [0.1, 0.15) is 11.3 Å². The Bertz CT molecular complexity index is 829. The molecule has 3 aromatic rings. The van der Waals surface area contributed by atoms with Crippen LogP contribution in [0, 0.1) is 0 Å². The maximum atomic E-state index is 12.6. The van der Waals surface area contributed by atoms with Gasteiger partial charge in [-0.15, -0.1) is 0 Å². The summed E-state index contributed by atoms with van der Waals surface area (Å²) in [6.45, 7) is 0.364. The average Bonchev–Trinajstić information content (AvgIpc) is 2.55. The van der Waals surface area contributed by atoms with E-state index in [0.29, 0.717) is 23.6 Å². The molecular formula is C17H13F3N2O. The molecule has 1 aromatic heterocycles. The lowest BCUT2D eigenvalue weighted by Crippen LogP contribution is -2.04. The highest BCUT2D eigenvalue weighted by Crippen LogP contribution is 2.33. The normalized spacial score (nSPS) is 11.7. The molecule has 3 rings (SSSR count). The monoisotopic (exact) mass is 318 g/mol. The zero-order valence-electron chi connectivity index (χ0n) is 12.0. The van der Waals surface area contributed by atoms with Gasteiger partial charge in [0.15, 0.2) is 5.75 Å². The Morgan fingerprint density at radius 1 is 1.00 bits per heavy atom. The third kappa shape index (κ3) is 3.12. The highest BCUT2D eigenvalue weighted by Gasteiger charge is 2.30. The van der Waals surface area contributed by atoms with Crippen molar-refractivity contribution in [1.82, 2.24) is 4.98 Å². The Balaban J connectivity index is 1.96. The van der Waals surface area contributed by atoms with Crippen LogP contribution in [0.2, 0.25) is 0 Å². The van der Waals surface area contributed by atoms with Gasteiger partial charge in [0, 0.05) is 18.1 Å². The predicted octanol–water partition coefficient (Wildman–Crippen LogP) is 4.50. The van der Waals surface area contributed by atoms with Gasteiger partial charge in [-0.3, -0.25) is 4.98 Å². The first-order valence-corrected chi connectivity index (χ1v) is 6.91. The molecule has 1 heterocycles. The first-order chi connectivity index (χ1) is 11.0. The largest absolute Gasteiger partial charge is 0.455 e. The Morgan fingerprint density at radius 3 is 2.39 bits per heavy atom. The smallest absolute Gasteiger partial charge is 0.416 e. The van der Waals surface area contributed by atoms with E-state index in [4.69, 9.17) is 10.5 Å². The molecule has 0 aliphatic carbocycles. The van der Waals surface area contributed by atoms with Gasteiger partial charge >= 0.3 is 6.18 Å². The van der Waals surface area contributed by atoms with Crippen LogP contribution in [0.15, 0.2) is 54.7 Å². The molecule has 3 nitrogen and oxygen atoms in total. The minimum atomic E-state index is -4.37. The van der Waals surface area contributed by atoms with E-state index in [-0.39, 0.29) is 0 Å². The third-order valence-corrected chi connectivity index (χ3v) is 3.45. The van der Waals surface area contributed by atoms with Crippen molar-refractivity contribution in [1.29, 1.82) is 0 Å². The molecular weight excluding hydrogens is 305 g/mol. The minimum absolute atomic E-state index is 0.311. The van der Waals surface area contributed by atoms with Crippen LogP contribution in [0.25, 0.3) is 10.9 Å². The zero-order valence-corrected chi connectivity index (χ0v) is 12.0. The molecule has 0 saturated heterocycles. The van der Waals surface area contributed by atoms with Gasteiger partial charge in [-0.2, -0.15) is 13.2 Å². The molecule has 23 heavy (non-hydrogen) atoms. The summed E-state index contributed by atoms with van der Waals surface area (Å²) in [6, 6.07) is 11.8. The number of nitrogens with zero attached hydrogens (tertiary/aromatic N) is 1. The van der Waals surface area contributed by atoms with E-state index in [1.165, 1.54) is 12.1 Å². The van der Waals surface area contributed by atoms with Crippen molar-refractivity contribution in [2.24, 2.45) is 5.73 Å². The van der Waals surface area contributed by atoms with Gasteiger partial charge in [0.05, 0.1) is 5.56 Å². The van der Waals surface area contributed by atoms with E-state index in [1.54, 1.807) is 18.3 Å². The van der Waals surface area contributed by atoms with Crippen LogP contribution in [-0.4, -0.2) is 4.98 Å². The van der Waals surface area contributed by atoms with Crippen molar-refractivity contribution in [2.75, 3.05) is 0 Å². The van der Waals surface area contributed by atoms with E-state index in [0.717, 1.165) is 23.1 Å². The number of aromatic nitrogens is 1. The Hall–Kier alpha value is -2.60. The SMILES string of the molecule is NCc1ccc(Oc2ccc(C(F)(F)F)cc2)c2ncccc12. The Kier molecular flexibility index (Phi) is 3.92. The van der Waals surface area contributed by atoms with Crippen molar-refractivity contribution in [2.45, 2.75) is 12.7 Å². The number of pyridine rings is 1. The molecule has 6 heteroatoms. The molecule has 0 fully saturated rings. The summed E-state index contributed by atoms with van der Waals surface area (Å²) in [7, 11) is 0. The fourth-order valence-corrected chi connectivity index (χ4v) is 2.31. The number of hydrogen-bond acceptors (Lipinski definition) is 3. The summed E-state index contributed by atoms with van der Waals surface area (Å²) in [5.41, 5.74) is 6.53. The van der Waals surface area contributed by atoms with Crippen LogP contribution < -0.4 is 10.5 Å². The van der Waals surface area contributed by atoms with Crippen molar-refractivity contribution in [3.05, 3.63) is 65.9 Å². The van der Waals surface area contributed by atoms with Gasteiger partial charge in [0.2, 0.25) is 0 Å². The molecule has 0 aliphatic rings. The lowest BCUT2D eigenvalue weighted by atomic mass is 10.1. The topological polar surface area (TPSA) is 48.1 Å². The standard InChI is InChI=1S/C17H13F3N2O/c18-17(19,20)12-4-6-13(7-5-12)23-15-8-3-11(10-21)14-2-1-9-22-16(14)15/h1-9H,10,21H2. The van der Waals surface area contributed by atoms with E-state index in [1.807, 2.05) is 12.1 Å². The van der Waals surface area contributed by atoms with Crippen LogP contribution in [-0.2, 0) is 12.7 Å². The lowest BCUT2D eigenvalue weighted by molar-refractivity contribution is -0.137. The molecule has 2 aromatic carbocycles. The van der Waals surface area contributed by atoms with E-state index in [2.05, 4.69) is 4.98 Å². The second-order valence-corrected chi connectivity index (χ2v) is 4.95. The van der Waals surface area contributed by atoms with Crippen LogP contribution in [0.4, 0.5) is 13.2 Å². The van der Waals surface area contributed by atoms with E-state index >= 15 is 0 Å². The highest BCUT2D eigenvalue weighted by molar-refractivity contribution is 5.87. The molecule has 2 N–H and O–H groups in total. The quantitative estimate of drug-likeness (QED) is 0.773. The maximum absolute atomic E-state index is 12.6. The summed E-state index contributed by atoms with van der Waals surface area (Å²) >= 11 is 0. The summed E-state index contributed by atoms with van der Waals surface area (Å²) in [6.07, 6.45) is -2.74. The molecule has 0 bridgehead atoms. The first kappa shape index (κ1) is 15.3. The molecule has 0 aliphatic heterocycles. The van der Waals surface area contributed by atoms with Gasteiger partial charge in [-0.05, 0) is 42.0 Å². The Labute approximate surface area is 130 Å². The molecule has 0 radical (unpaired) electrons. The van der Waals surface area contributed by atoms with Gasteiger partial charge < -0.3 is 10.5 Å². The number of ether oxygens (including phenoxy) is 1. The lowest BCUT2D eigenvalue weighted by Gasteiger charge is -2.12. The molecule has 118 valence electrons. The second kappa shape index (κ2) is 5.89. The van der Waals surface area contributed by atoms with Crippen LogP contribution in [0.5, 0.6) is 11.5 Å². The highest BCUT2D eigenvalue weighted by atomic mass is 19.4. The number of nitrogens with two attached hydrogens (primary N) is 1. The summed E-state index contributed by atoms with van der Waals surface area (Å²) < 4.78 is 43.4. The summed E-state index contributed by atoms with van der Waals surface area (Å²) in [5.74, 6) is 0.781. The second-order valence-electron chi connectivity index (χ2n) is 4.95. The van der Waals surface area contributed by atoms with Crippen LogP contribution in [0.3, 0.4) is 0 Å². The van der Waals surface area contributed by atoms with E-state index in [9.17, 15) is 13.2 Å². The molecule has 0 saturated carbocycles. The minimum Gasteiger partial charge on any atom is -0.455 e. The number of halogens is 3. The van der Waals surface area contributed by atoms with Crippen molar-refractivity contribution < 1.29 is 17.9 Å². The fourth-order valence-electron chi connectivity index (χ4n) is 2.31. The van der Waals surface area contributed by atoms with Crippen molar-refractivity contribution in [3.8, 4) is 11.5 Å². The molecule has 0 atom stereocenters. The number of benzene rings is 2. The molecule has 0 spiro atoms. The third-order valence-electron chi connectivity index (χ3n) is 3.45. The summed E-state index contributed by atoms with van der Waals surface area (Å²) in [4.78, 5) is 4.28. The predicted molar refractivity (Wildman–Crippen MR) is 81.2 cm³/mol. The molecule has 0 amide bonds. The number of alkyl halides is 3. The maximum Gasteiger partial charge on any atom is 0.416 e. The van der Waals surface area contributed by atoms with Gasteiger partial charge in [-0.25, -0.2) is 0 Å². The van der Waals surface area contributed by atoms with Crippen LogP contribution in [0.1, 0.15) is 11.1 Å². The van der Waals surface area contributed by atoms with Crippen LogP contribution >= 0.6 is 0 Å². The first-order valence-electron chi connectivity index (χ1n) is 6.91.